The largest absolute Gasteiger partial charge is 0.481 e. The second-order valence-corrected chi connectivity index (χ2v) is 4.19. The average Bonchev–Trinajstić information content (AvgIpc) is 2.27. The first-order valence-electron chi connectivity index (χ1n) is 5.64. The van der Waals surface area contributed by atoms with Gasteiger partial charge in [-0.25, -0.2) is 4.98 Å². The molecule has 0 spiro atoms. The quantitative estimate of drug-likeness (QED) is 0.627. The first-order chi connectivity index (χ1) is 8.54. The fourth-order valence-electron chi connectivity index (χ4n) is 1.57. The third kappa shape index (κ3) is 4.42. The zero-order valence-electron chi connectivity index (χ0n) is 9.84. The molecule has 1 unspecified atom stereocenters. The third-order valence-electron chi connectivity index (χ3n) is 2.45. The van der Waals surface area contributed by atoms with Crippen LogP contribution in [-0.4, -0.2) is 32.6 Å². The van der Waals surface area contributed by atoms with Crippen LogP contribution in [0.5, 0.6) is 0 Å². The van der Waals surface area contributed by atoms with Crippen molar-refractivity contribution in [1.82, 2.24) is 15.0 Å². The van der Waals surface area contributed by atoms with Crippen molar-refractivity contribution in [2.24, 2.45) is 5.73 Å². The summed E-state index contributed by atoms with van der Waals surface area (Å²) in [6, 6.07) is 0. The summed E-state index contributed by atoms with van der Waals surface area (Å²) in [4.78, 5) is 22.4. The van der Waals surface area contributed by atoms with Crippen LogP contribution in [0, 0.1) is 0 Å². The Labute approximate surface area is 110 Å². The van der Waals surface area contributed by atoms with Gasteiger partial charge >= 0.3 is 5.97 Å². The summed E-state index contributed by atoms with van der Waals surface area (Å²) < 4.78 is 0. The van der Waals surface area contributed by atoms with Crippen molar-refractivity contribution in [2.45, 2.75) is 31.6 Å². The first kappa shape index (κ1) is 14.6. The summed E-state index contributed by atoms with van der Waals surface area (Å²) in [6.07, 6.45) is 2.90. The minimum Gasteiger partial charge on any atom is -0.481 e. The van der Waals surface area contributed by atoms with Gasteiger partial charge in [-0.15, -0.1) is 0 Å². The van der Waals surface area contributed by atoms with Crippen LogP contribution in [0.4, 0.5) is 5.95 Å². The van der Waals surface area contributed by atoms with Crippen LogP contribution in [0.25, 0.3) is 0 Å². The normalized spacial score (nSPS) is 12.3. The molecule has 100 valence electrons. The van der Waals surface area contributed by atoms with E-state index in [9.17, 15) is 4.79 Å². The molecular weight excluding hydrogens is 258 g/mol. The average molecular weight is 274 g/mol. The van der Waals surface area contributed by atoms with E-state index in [2.05, 4.69) is 15.0 Å². The van der Waals surface area contributed by atoms with E-state index in [1.54, 1.807) is 0 Å². The van der Waals surface area contributed by atoms with Gasteiger partial charge in [-0.1, -0.05) is 12.8 Å². The number of carboxylic acid groups (broad SMARTS) is 1. The highest BCUT2D eigenvalue weighted by molar-refractivity contribution is 6.28. The number of nitrogens with zero attached hydrogens (tertiary/aromatic N) is 3. The van der Waals surface area contributed by atoms with Crippen LogP contribution in [-0.2, 0) is 4.79 Å². The molecule has 0 aliphatic heterocycles. The van der Waals surface area contributed by atoms with Crippen molar-refractivity contribution in [3.05, 3.63) is 11.1 Å². The van der Waals surface area contributed by atoms with Gasteiger partial charge in [0, 0.05) is 0 Å². The number of anilines is 1. The van der Waals surface area contributed by atoms with Crippen molar-refractivity contribution in [1.29, 1.82) is 0 Å². The molecule has 0 saturated heterocycles. The minimum atomic E-state index is -0.996. The van der Waals surface area contributed by atoms with Crippen LogP contribution < -0.4 is 11.5 Å². The Balaban J connectivity index is 2.74. The Morgan fingerprint density at radius 2 is 2.00 bits per heavy atom. The highest BCUT2D eigenvalue weighted by atomic mass is 35.5. The molecule has 7 nitrogen and oxygen atoms in total. The minimum absolute atomic E-state index is 0.0711. The molecule has 0 aliphatic rings. The Morgan fingerprint density at radius 1 is 1.28 bits per heavy atom. The number of rotatable bonds is 7. The van der Waals surface area contributed by atoms with Crippen LogP contribution in [0.15, 0.2) is 0 Å². The summed E-state index contributed by atoms with van der Waals surface area (Å²) in [5.74, 6) is -1.78. The second kappa shape index (κ2) is 7.07. The van der Waals surface area contributed by atoms with Crippen molar-refractivity contribution < 1.29 is 9.90 Å². The Bertz CT molecular complexity index is 395. The SMILES string of the molecule is NCCCCCC(C(=O)O)c1nc(N)nc(Cl)n1. The summed E-state index contributed by atoms with van der Waals surface area (Å²) >= 11 is 5.63. The van der Waals surface area contributed by atoms with Gasteiger partial charge in [-0.3, -0.25) is 4.79 Å². The summed E-state index contributed by atoms with van der Waals surface area (Å²) in [5, 5.41) is 9.06. The fraction of sp³-hybridized carbons (Fsp3) is 0.600. The van der Waals surface area contributed by atoms with Gasteiger partial charge in [0.25, 0.3) is 0 Å². The summed E-state index contributed by atoms with van der Waals surface area (Å²) in [6.45, 7) is 0.599. The molecular formula is C10H16ClN5O2. The molecule has 1 aromatic rings. The predicted octanol–water partition coefficient (Wildman–Crippen LogP) is 0.795. The van der Waals surface area contributed by atoms with Gasteiger partial charge in [-0.2, -0.15) is 9.97 Å². The van der Waals surface area contributed by atoms with Gasteiger partial charge in [0.05, 0.1) is 0 Å². The Kier molecular flexibility index (Phi) is 5.73. The number of hydrogen-bond donors (Lipinski definition) is 3. The number of hydrogen-bond acceptors (Lipinski definition) is 6. The van der Waals surface area contributed by atoms with Crippen molar-refractivity contribution in [3.8, 4) is 0 Å². The molecule has 0 bridgehead atoms. The lowest BCUT2D eigenvalue weighted by Gasteiger charge is -2.11. The van der Waals surface area contributed by atoms with Gasteiger partial charge in [0.15, 0.2) is 0 Å². The first-order valence-corrected chi connectivity index (χ1v) is 6.02. The van der Waals surface area contributed by atoms with Crippen LogP contribution >= 0.6 is 11.6 Å². The van der Waals surface area contributed by atoms with Gasteiger partial charge in [0.1, 0.15) is 11.7 Å². The van der Waals surface area contributed by atoms with E-state index >= 15 is 0 Å². The highest BCUT2D eigenvalue weighted by Crippen LogP contribution is 2.21. The smallest absolute Gasteiger partial charge is 0.314 e. The second-order valence-electron chi connectivity index (χ2n) is 3.85. The van der Waals surface area contributed by atoms with E-state index in [4.69, 9.17) is 28.2 Å². The monoisotopic (exact) mass is 273 g/mol. The van der Waals surface area contributed by atoms with E-state index in [1.165, 1.54) is 0 Å². The van der Waals surface area contributed by atoms with Gasteiger partial charge in [0.2, 0.25) is 11.2 Å². The standard InChI is InChI=1S/C10H16ClN5O2/c11-9-14-7(15-10(13)16-9)6(8(17)18)4-2-1-3-5-12/h6H,1-5,12H2,(H,17,18)(H2,13,14,15,16). The van der Waals surface area contributed by atoms with E-state index in [-0.39, 0.29) is 17.1 Å². The number of carboxylic acids is 1. The maximum absolute atomic E-state index is 11.2. The molecule has 1 atom stereocenters. The molecule has 1 rings (SSSR count). The lowest BCUT2D eigenvalue weighted by Crippen LogP contribution is -2.16. The molecule has 0 saturated carbocycles. The fourth-order valence-corrected chi connectivity index (χ4v) is 1.74. The summed E-state index contributed by atoms with van der Waals surface area (Å²) in [5.41, 5.74) is 10.8. The molecule has 0 radical (unpaired) electrons. The Morgan fingerprint density at radius 3 is 2.56 bits per heavy atom. The number of nitrogen functional groups attached to an aromatic ring is 1. The molecule has 0 aliphatic carbocycles. The Hall–Kier alpha value is -1.47. The van der Waals surface area contributed by atoms with E-state index in [0.717, 1.165) is 19.3 Å². The zero-order chi connectivity index (χ0) is 13.5. The number of aliphatic carboxylic acids is 1. The lowest BCUT2D eigenvalue weighted by atomic mass is 10.0. The molecule has 1 heterocycles. The number of nitrogens with two attached hydrogens (primary N) is 2. The van der Waals surface area contributed by atoms with Gasteiger partial charge < -0.3 is 16.6 Å². The van der Waals surface area contributed by atoms with Crippen LogP contribution in [0.3, 0.4) is 0 Å². The maximum Gasteiger partial charge on any atom is 0.314 e. The van der Waals surface area contributed by atoms with Crippen LogP contribution in [0.1, 0.15) is 37.4 Å². The third-order valence-corrected chi connectivity index (χ3v) is 2.62. The number of aromatic nitrogens is 3. The van der Waals surface area contributed by atoms with Crippen molar-refractivity contribution >= 4 is 23.5 Å². The molecule has 5 N–H and O–H groups in total. The van der Waals surface area contributed by atoms with Gasteiger partial charge in [-0.05, 0) is 31.0 Å². The van der Waals surface area contributed by atoms with E-state index < -0.39 is 11.9 Å². The predicted molar refractivity (Wildman–Crippen MR) is 67.1 cm³/mol. The zero-order valence-corrected chi connectivity index (χ0v) is 10.6. The molecule has 0 amide bonds. The lowest BCUT2D eigenvalue weighted by molar-refractivity contribution is -0.139. The van der Waals surface area contributed by atoms with E-state index in [0.29, 0.717) is 13.0 Å². The molecule has 1 aromatic heterocycles. The highest BCUT2D eigenvalue weighted by Gasteiger charge is 2.23. The van der Waals surface area contributed by atoms with Crippen molar-refractivity contribution in [2.75, 3.05) is 12.3 Å². The molecule has 18 heavy (non-hydrogen) atoms. The summed E-state index contributed by atoms with van der Waals surface area (Å²) in [7, 11) is 0. The van der Waals surface area contributed by atoms with Crippen LogP contribution in [0.2, 0.25) is 5.28 Å². The molecule has 8 heteroatoms. The van der Waals surface area contributed by atoms with E-state index in [1.807, 2.05) is 0 Å². The molecule has 0 aromatic carbocycles. The number of carbonyl (C=O) groups is 1. The number of unbranched alkanes of at least 4 members (excludes halogenated alkanes) is 2. The maximum atomic E-state index is 11.2. The van der Waals surface area contributed by atoms with Crippen molar-refractivity contribution in [3.63, 3.8) is 0 Å². The molecule has 0 fully saturated rings. The topological polar surface area (TPSA) is 128 Å². The number of halogens is 1.